The van der Waals surface area contributed by atoms with E-state index < -0.39 is 0 Å². The molecule has 0 spiro atoms. The molecular weight excluding hydrogens is 280 g/mol. The Hall–Kier alpha value is -2.56. The lowest BCUT2D eigenvalue weighted by Gasteiger charge is -2.07. The molecule has 2 rings (SSSR count). The Bertz CT molecular complexity index is 690. The van der Waals surface area contributed by atoms with Crippen LogP contribution in [0.1, 0.15) is 35.8 Å². The highest BCUT2D eigenvalue weighted by Crippen LogP contribution is 2.13. The molecule has 116 valence electrons. The Morgan fingerprint density at radius 1 is 1.27 bits per heavy atom. The predicted molar refractivity (Wildman–Crippen MR) is 86.6 cm³/mol. The van der Waals surface area contributed by atoms with Gasteiger partial charge in [0.25, 0.3) is 5.91 Å². The number of ether oxygens (including phenoxy) is 1. The van der Waals surface area contributed by atoms with Crippen LogP contribution in [0.3, 0.4) is 0 Å². The molecule has 1 aromatic carbocycles. The number of unbranched alkanes of at least 4 members (excludes halogenated alkanes) is 1. The molecule has 0 aliphatic carbocycles. The predicted octanol–water partition coefficient (Wildman–Crippen LogP) is 2.98. The maximum Gasteiger partial charge on any atom is 0.272 e. The van der Waals surface area contributed by atoms with Gasteiger partial charge in [0, 0.05) is 18.0 Å². The van der Waals surface area contributed by atoms with Gasteiger partial charge in [-0.3, -0.25) is 9.59 Å². The summed E-state index contributed by atoms with van der Waals surface area (Å²) in [5.74, 6) is -0.183. The van der Waals surface area contributed by atoms with Crippen LogP contribution in [-0.2, 0) is 6.42 Å². The van der Waals surface area contributed by atoms with E-state index in [2.05, 4.69) is 17.2 Å². The number of pyridine rings is 1. The molecule has 0 saturated heterocycles. The van der Waals surface area contributed by atoms with E-state index >= 15 is 0 Å². The SMILES string of the molecule is CCCCc1ccc(NC(=O)c2cc(=O)c(OC)c[nH]2)cc1. The Labute approximate surface area is 129 Å². The van der Waals surface area contributed by atoms with E-state index in [1.54, 1.807) is 0 Å². The van der Waals surface area contributed by atoms with Gasteiger partial charge >= 0.3 is 0 Å². The normalized spacial score (nSPS) is 10.3. The van der Waals surface area contributed by atoms with Gasteiger partial charge in [0.15, 0.2) is 5.75 Å². The molecule has 0 unspecified atom stereocenters. The zero-order valence-electron chi connectivity index (χ0n) is 12.8. The topological polar surface area (TPSA) is 71.2 Å². The van der Waals surface area contributed by atoms with Crippen LogP contribution >= 0.6 is 0 Å². The minimum atomic E-state index is -0.360. The number of hydrogen-bond acceptors (Lipinski definition) is 3. The van der Waals surface area contributed by atoms with Gasteiger partial charge in [-0.05, 0) is 30.5 Å². The highest BCUT2D eigenvalue weighted by molar-refractivity contribution is 6.02. The van der Waals surface area contributed by atoms with E-state index in [9.17, 15) is 9.59 Å². The Kier molecular flexibility index (Phi) is 5.36. The molecule has 0 aliphatic rings. The number of aromatic amines is 1. The second-order valence-corrected chi connectivity index (χ2v) is 5.03. The van der Waals surface area contributed by atoms with E-state index in [0.717, 1.165) is 19.3 Å². The van der Waals surface area contributed by atoms with Crippen LogP contribution in [-0.4, -0.2) is 18.0 Å². The van der Waals surface area contributed by atoms with Crippen LogP contribution in [0.15, 0.2) is 41.3 Å². The van der Waals surface area contributed by atoms with Gasteiger partial charge in [0.05, 0.1) is 7.11 Å². The van der Waals surface area contributed by atoms with Crippen molar-refractivity contribution in [1.82, 2.24) is 4.98 Å². The standard InChI is InChI=1S/C17H20N2O3/c1-3-4-5-12-6-8-13(9-7-12)19-17(21)14-10-15(20)16(22-2)11-18-14/h6-11H,3-5H2,1-2H3,(H,18,20)(H,19,21). The second kappa shape index (κ2) is 7.45. The number of carbonyl (C=O) groups is 1. The molecule has 0 fully saturated rings. The number of amides is 1. The lowest BCUT2D eigenvalue weighted by Crippen LogP contribution is -2.17. The maximum atomic E-state index is 12.1. The van der Waals surface area contributed by atoms with Crippen molar-refractivity contribution in [3.8, 4) is 5.75 Å². The Morgan fingerprint density at radius 2 is 2.00 bits per heavy atom. The van der Waals surface area contributed by atoms with Crippen molar-refractivity contribution < 1.29 is 9.53 Å². The first-order valence-corrected chi connectivity index (χ1v) is 7.31. The molecule has 2 aromatic rings. The van der Waals surface area contributed by atoms with Crippen molar-refractivity contribution in [2.24, 2.45) is 0 Å². The quantitative estimate of drug-likeness (QED) is 0.861. The van der Waals surface area contributed by atoms with E-state index in [-0.39, 0.29) is 22.8 Å². The first-order valence-electron chi connectivity index (χ1n) is 7.31. The number of aryl methyl sites for hydroxylation is 1. The molecule has 22 heavy (non-hydrogen) atoms. The number of benzene rings is 1. The number of nitrogens with one attached hydrogen (secondary N) is 2. The molecule has 0 saturated carbocycles. The summed E-state index contributed by atoms with van der Waals surface area (Å²) >= 11 is 0. The van der Waals surface area contributed by atoms with Crippen molar-refractivity contribution in [1.29, 1.82) is 0 Å². The molecule has 0 radical (unpaired) electrons. The number of anilines is 1. The summed E-state index contributed by atoms with van der Waals surface area (Å²) in [6.45, 7) is 2.16. The van der Waals surface area contributed by atoms with Gasteiger partial charge in [-0.15, -0.1) is 0 Å². The number of rotatable bonds is 6. The van der Waals surface area contributed by atoms with Crippen LogP contribution in [0.2, 0.25) is 0 Å². The summed E-state index contributed by atoms with van der Waals surface area (Å²) in [6, 6.07) is 8.96. The van der Waals surface area contributed by atoms with Gasteiger partial charge in [-0.1, -0.05) is 25.5 Å². The highest BCUT2D eigenvalue weighted by atomic mass is 16.5. The van der Waals surface area contributed by atoms with Crippen molar-refractivity contribution in [2.75, 3.05) is 12.4 Å². The molecule has 1 heterocycles. The molecule has 5 heteroatoms. The lowest BCUT2D eigenvalue weighted by molar-refractivity contribution is 0.102. The highest BCUT2D eigenvalue weighted by Gasteiger charge is 2.09. The van der Waals surface area contributed by atoms with Gasteiger partial charge in [0.1, 0.15) is 5.69 Å². The number of aromatic nitrogens is 1. The number of carbonyl (C=O) groups excluding carboxylic acids is 1. The third-order valence-corrected chi connectivity index (χ3v) is 3.37. The lowest BCUT2D eigenvalue weighted by atomic mass is 10.1. The molecule has 0 aliphatic heterocycles. The largest absolute Gasteiger partial charge is 0.491 e. The summed E-state index contributed by atoms with van der Waals surface area (Å²) in [7, 11) is 1.41. The fourth-order valence-electron chi connectivity index (χ4n) is 2.08. The molecule has 0 atom stereocenters. The average Bonchev–Trinajstić information content (AvgIpc) is 2.54. The summed E-state index contributed by atoms with van der Waals surface area (Å²) in [4.78, 5) is 26.5. The third-order valence-electron chi connectivity index (χ3n) is 3.37. The molecular formula is C17H20N2O3. The minimum absolute atomic E-state index is 0.178. The van der Waals surface area contributed by atoms with Crippen LogP contribution in [0.4, 0.5) is 5.69 Å². The Balaban J connectivity index is 2.05. The number of hydrogen-bond donors (Lipinski definition) is 2. The Morgan fingerprint density at radius 3 is 2.59 bits per heavy atom. The van der Waals surface area contributed by atoms with Crippen molar-refractivity contribution >= 4 is 11.6 Å². The third kappa shape index (κ3) is 3.97. The van der Waals surface area contributed by atoms with Gasteiger partial charge < -0.3 is 15.0 Å². The molecule has 2 N–H and O–H groups in total. The zero-order chi connectivity index (χ0) is 15.9. The summed E-state index contributed by atoms with van der Waals surface area (Å²) in [5, 5.41) is 2.76. The van der Waals surface area contributed by atoms with Crippen LogP contribution in [0, 0.1) is 0 Å². The van der Waals surface area contributed by atoms with Crippen molar-refractivity contribution in [2.45, 2.75) is 26.2 Å². The molecule has 1 aromatic heterocycles. The van der Waals surface area contributed by atoms with Gasteiger partial charge in [0.2, 0.25) is 5.43 Å². The number of methoxy groups -OCH3 is 1. The van der Waals surface area contributed by atoms with Crippen LogP contribution < -0.4 is 15.5 Å². The van der Waals surface area contributed by atoms with Crippen LogP contribution in [0.5, 0.6) is 5.75 Å². The zero-order valence-corrected chi connectivity index (χ0v) is 12.8. The maximum absolute atomic E-state index is 12.1. The van der Waals surface area contributed by atoms with Gasteiger partial charge in [-0.25, -0.2) is 0 Å². The fraction of sp³-hybridized carbons (Fsp3) is 0.294. The monoisotopic (exact) mass is 300 g/mol. The van der Waals surface area contributed by atoms with E-state index in [1.165, 1.54) is 24.9 Å². The second-order valence-electron chi connectivity index (χ2n) is 5.03. The molecule has 5 nitrogen and oxygen atoms in total. The summed E-state index contributed by atoms with van der Waals surface area (Å²) in [5.41, 5.74) is 1.81. The first kappa shape index (κ1) is 15.8. The van der Waals surface area contributed by atoms with E-state index in [1.807, 2.05) is 24.3 Å². The summed E-state index contributed by atoms with van der Waals surface area (Å²) in [6.07, 6.45) is 4.73. The van der Waals surface area contributed by atoms with E-state index in [4.69, 9.17) is 4.74 Å². The average molecular weight is 300 g/mol. The summed E-state index contributed by atoms with van der Waals surface area (Å²) < 4.78 is 4.87. The van der Waals surface area contributed by atoms with Gasteiger partial charge in [-0.2, -0.15) is 0 Å². The van der Waals surface area contributed by atoms with Crippen molar-refractivity contribution in [3.63, 3.8) is 0 Å². The van der Waals surface area contributed by atoms with Crippen LogP contribution in [0.25, 0.3) is 0 Å². The smallest absolute Gasteiger partial charge is 0.272 e. The first-order chi connectivity index (χ1) is 10.6. The molecule has 1 amide bonds. The van der Waals surface area contributed by atoms with E-state index in [0.29, 0.717) is 5.69 Å². The molecule has 0 bridgehead atoms. The minimum Gasteiger partial charge on any atom is -0.491 e. The number of H-pyrrole nitrogens is 1. The van der Waals surface area contributed by atoms with Crippen molar-refractivity contribution in [3.05, 3.63) is 58.0 Å². The fourth-order valence-corrected chi connectivity index (χ4v) is 2.08.